The number of fused-ring (bicyclic) bond motifs is 1. The van der Waals surface area contributed by atoms with Crippen LogP contribution in [0.25, 0.3) is 11.1 Å². The smallest absolute Gasteiger partial charge is 0.259 e. The van der Waals surface area contributed by atoms with Gasteiger partial charge in [-0.05, 0) is 24.1 Å². The number of likely N-dealkylation sites (N-methyl/N-ethyl adjacent to an activating group) is 1. The van der Waals surface area contributed by atoms with Crippen LogP contribution in [0.4, 0.5) is 0 Å². The Kier molecular flexibility index (Phi) is 8.00. The number of carbonyl (C=O) groups excluding carboxylic acids is 2. The van der Waals surface area contributed by atoms with E-state index in [0.29, 0.717) is 25.1 Å². The SMILES string of the molecule is C[C@H]1CN([C@@H](C)CO)C(=O)c2cc(-c3ccccc3)cnc2O[C@@H]1CN(C)C(=O)Cc1ccccc1. The van der Waals surface area contributed by atoms with Gasteiger partial charge in [0, 0.05) is 31.3 Å². The molecule has 0 fully saturated rings. The van der Waals surface area contributed by atoms with E-state index in [1.54, 1.807) is 29.1 Å². The number of hydrogen-bond acceptors (Lipinski definition) is 5. The van der Waals surface area contributed by atoms with Crippen molar-refractivity contribution in [3.8, 4) is 17.0 Å². The summed E-state index contributed by atoms with van der Waals surface area (Å²) in [6.07, 6.45) is 1.62. The fourth-order valence-electron chi connectivity index (χ4n) is 4.39. The number of aromatic nitrogens is 1. The Balaban J connectivity index is 1.62. The quantitative estimate of drug-likeness (QED) is 0.550. The molecule has 0 saturated carbocycles. The van der Waals surface area contributed by atoms with Crippen LogP contribution in [-0.2, 0) is 11.2 Å². The minimum atomic E-state index is -0.384. The number of rotatable bonds is 7. The van der Waals surface area contributed by atoms with Crippen molar-refractivity contribution in [3.05, 3.63) is 84.1 Å². The molecule has 0 aliphatic carbocycles. The normalized spacial score (nSPS) is 18.4. The van der Waals surface area contributed by atoms with Crippen LogP contribution in [0.1, 0.15) is 29.8 Å². The molecule has 3 aromatic rings. The number of ether oxygens (including phenoxy) is 1. The van der Waals surface area contributed by atoms with Gasteiger partial charge in [-0.2, -0.15) is 0 Å². The van der Waals surface area contributed by atoms with E-state index in [2.05, 4.69) is 4.98 Å². The third kappa shape index (κ3) is 5.74. The van der Waals surface area contributed by atoms with E-state index < -0.39 is 0 Å². The first-order chi connectivity index (χ1) is 17.4. The molecule has 2 heterocycles. The van der Waals surface area contributed by atoms with E-state index in [0.717, 1.165) is 16.7 Å². The monoisotopic (exact) mass is 487 g/mol. The Hall–Kier alpha value is -3.71. The van der Waals surface area contributed by atoms with Crippen LogP contribution in [0.3, 0.4) is 0 Å². The number of pyridine rings is 1. The second-order valence-corrected chi connectivity index (χ2v) is 9.50. The summed E-state index contributed by atoms with van der Waals surface area (Å²) in [5.41, 5.74) is 3.06. The van der Waals surface area contributed by atoms with E-state index in [9.17, 15) is 14.7 Å². The lowest BCUT2D eigenvalue weighted by Crippen LogP contribution is -2.50. The average Bonchev–Trinajstić information content (AvgIpc) is 2.91. The van der Waals surface area contributed by atoms with Gasteiger partial charge in [-0.25, -0.2) is 4.98 Å². The maximum absolute atomic E-state index is 13.6. The molecule has 0 spiro atoms. The van der Waals surface area contributed by atoms with E-state index in [1.807, 2.05) is 74.5 Å². The van der Waals surface area contributed by atoms with Crippen molar-refractivity contribution < 1.29 is 19.4 Å². The molecule has 1 aliphatic rings. The third-order valence-corrected chi connectivity index (χ3v) is 6.71. The van der Waals surface area contributed by atoms with Crippen molar-refractivity contribution in [2.45, 2.75) is 32.4 Å². The number of hydrogen-bond donors (Lipinski definition) is 1. The number of carbonyl (C=O) groups is 2. The van der Waals surface area contributed by atoms with Crippen molar-refractivity contribution in [1.29, 1.82) is 0 Å². The summed E-state index contributed by atoms with van der Waals surface area (Å²) in [5, 5.41) is 9.86. The standard InChI is InChI=1S/C29H33N3O4/c1-20-17-32(21(2)19-33)29(35)25-15-24(23-12-8-5-9-13-23)16-30-28(25)36-26(20)18-31(3)27(34)14-22-10-6-4-7-11-22/h4-13,15-16,20-21,26,33H,14,17-19H2,1-3H3/t20-,21-,26+/m0/s1. The highest BCUT2D eigenvalue weighted by atomic mass is 16.5. The molecule has 2 amide bonds. The van der Waals surface area contributed by atoms with Crippen molar-refractivity contribution in [2.75, 3.05) is 26.7 Å². The summed E-state index contributed by atoms with van der Waals surface area (Å²) < 4.78 is 6.33. The molecule has 0 bridgehead atoms. The molecule has 0 unspecified atom stereocenters. The van der Waals surface area contributed by atoms with E-state index in [1.165, 1.54) is 0 Å². The van der Waals surface area contributed by atoms with Crippen molar-refractivity contribution in [1.82, 2.24) is 14.8 Å². The molecular formula is C29H33N3O4. The average molecular weight is 488 g/mol. The fraction of sp³-hybridized carbons (Fsp3) is 0.345. The molecule has 1 aromatic heterocycles. The minimum absolute atomic E-state index is 0.0108. The van der Waals surface area contributed by atoms with Crippen LogP contribution in [0.2, 0.25) is 0 Å². The molecule has 36 heavy (non-hydrogen) atoms. The molecule has 188 valence electrons. The Bertz CT molecular complexity index is 1190. The molecule has 1 N–H and O–H groups in total. The van der Waals surface area contributed by atoms with Gasteiger partial charge in [-0.3, -0.25) is 9.59 Å². The summed E-state index contributed by atoms with van der Waals surface area (Å²) in [6, 6.07) is 20.8. The van der Waals surface area contributed by atoms with E-state index >= 15 is 0 Å². The highest BCUT2D eigenvalue weighted by molar-refractivity contribution is 5.98. The summed E-state index contributed by atoms with van der Waals surface area (Å²) in [7, 11) is 1.77. The third-order valence-electron chi connectivity index (χ3n) is 6.71. The Morgan fingerprint density at radius 3 is 2.47 bits per heavy atom. The molecule has 7 nitrogen and oxygen atoms in total. The van der Waals surface area contributed by atoms with Gasteiger partial charge in [0.25, 0.3) is 5.91 Å². The van der Waals surface area contributed by atoms with Crippen molar-refractivity contribution >= 4 is 11.8 Å². The number of aliphatic hydroxyl groups excluding tert-OH is 1. The van der Waals surface area contributed by atoms with Crippen LogP contribution < -0.4 is 4.74 Å². The van der Waals surface area contributed by atoms with Gasteiger partial charge in [0.15, 0.2) is 0 Å². The molecule has 7 heteroatoms. The van der Waals surface area contributed by atoms with E-state index in [-0.39, 0.29) is 42.4 Å². The lowest BCUT2D eigenvalue weighted by atomic mass is 9.99. The van der Waals surface area contributed by atoms with E-state index in [4.69, 9.17) is 4.74 Å². The van der Waals surface area contributed by atoms with Gasteiger partial charge in [0.05, 0.1) is 25.6 Å². The molecule has 0 saturated heterocycles. The van der Waals surface area contributed by atoms with Crippen LogP contribution in [0.5, 0.6) is 5.88 Å². The molecule has 3 atom stereocenters. The van der Waals surface area contributed by atoms with Gasteiger partial charge in [0.2, 0.25) is 11.8 Å². The zero-order valence-electron chi connectivity index (χ0n) is 21.0. The molecule has 1 aliphatic heterocycles. The highest BCUT2D eigenvalue weighted by Crippen LogP contribution is 2.30. The first-order valence-corrected chi connectivity index (χ1v) is 12.3. The lowest BCUT2D eigenvalue weighted by molar-refractivity contribution is -0.130. The van der Waals surface area contributed by atoms with Gasteiger partial charge in [-0.15, -0.1) is 0 Å². The van der Waals surface area contributed by atoms with Crippen LogP contribution in [0, 0.1) is 5.92 Å². The summed E-state index contributed by atoms with van der Waals surface area (Å²) >= 11 is 0. The Morgan fingerprint density at radius 2 is 1.81 bits per heavy atom. The summed E-state index contributed by atoms with van der Waals surface area (Å²) in [4.78, 5) is 34.4. The number of nitrogens with zero attached hydrogens (tertiary/aromatic N) is 3. The zero-order valence-corrected chi connectivity index (χ0v) is 21.0. The van der Waals surface area contributed by atoms with Gasteiger partial charge in [-0.1, -0.05) is 67.6 Å². The molecule has 0 radical (unpaired) electrons. The Morgan fingerprint density at radius 1 is 1.14 bits per heavy atom. The number of amides is 2. The van der Waals surface area contributed by atoms with Crippen LogP contribution in [-0.4, -0.2) is 70.6 Å². The predicted molar refractivity (Wildman–Crippen MR) is 139 cm³/mol. The van der Waals surface area contributed by atoms with Crippen LogP contribution in [0.15, 0.2) is 72.9 Å². The largest absolute Gasteiger partial charge is 0.472 e. The lowest BCUT2D eigenvalue weighted by Gasteiger charge is -2.37. The highest BCUT2D eigenvalue weighted by Gasteiger charge is 2.34. The van der Waals surface area contributed by atoms with Crippen molar-refractivity contribution in [3.63, 3.8) is 0 Å². The van der Waals surface area contributed by atoms with Crippen LogP contribution >= 0.6 is 0 Å². The molecular weight excluding hydrogens is 454 g/mol. The van der Waals surface area contributed by atoms with Gasteiger partial charge < -0.3 is 19.6 Å². The molecule has 4 rings (SSSR count). The van der Waals surface area contributed by atoms with Gasteiger partial charge in [0.1, 0.15) is 11.7 Å². The first-order valence-electron chi connectivity index (χ1n) is 12.3. The maximum atomic E-state index is 13.6. The second-order valence-electron chi connectivity index (χ2n) is 9.50. The zero-order chi connectivity index (χ0) is 25.7. The predicted octanol–water partition coefficient (Wildman–Crippen LogP) is 3.67. The second kappa shape index (κ2) is 11.4. The summed E-state index contributed by atoms with van der Waals surface area (Å²) in [5.74, 6) is -0.0899. The topological polar surface area (TPSA) is 83.0 Å². The number of benzene rings is 2. The minimum Gasteiger partial charge on any atom is -0.472 e. The van der Waals surface area contributed by atoms with Gasteiger partial charge >= 0.3 is 0 Å². The maximum Gasteiger partial charge on any atom is 0.259 e. The number of aliphatic hydroxyl groups is 1. The van der Waals surface area contributed by atoms with Crippen molar-refractivity contribution in [2.24, 2.45) is 5.92 Å². The first kappa shape index (κ1) is 25.4. The summed E-state index contributed by atoms with van der Waals surface area (Å²) in [6.45, 7) is 4.41. The molecule has 2 aromatic carbocycles. The Labute approximate surface area is 212 Å². The fourth-order valence-corrected chi connectivity index (χ4v) is 4.39.